The van der Waals surface area contributed by atoms with Gasteiger partial charge in [-0.2, -0.15) is 13.2 Å². The van der Waals surface area contributed by atoms with Gasteiger partial charge in [0.25, 0.3) is 5.91 Å². The van der Waals surface area contributed by atoms with Crippen molar-refractivity contribution in [3.63, 3.8) is 0 Å². The molecule has 0 spiro atoms. The lowest BCUT2D eigenvalue weighted by Crippen LogP contribution is -2.26. The summed E-state index contributed by atoms with van der Waals surface area (Å²) < 4.78 is 37.7. The van der Waals surface area contributed by atoms with Crippen LogP contribution in [0, 0.1) is 0 Å². The highest BCUT2D eigenvalue weighted by Gasteiger charge is 2.30. The Kier molecular flexibility index (Phi) is 5.23. The molecule has 1 amide bonds. The molecule has 126 valence electrons. The van der Waals surface area contributed by atoms with Crippen LogP contribution in [-0.2, 0) is 6.18 Å². The van der Waals surface area contributed by atoms with Crippen LogP contribution in [0.3, 0.4) is 0 Å². The number of rotatable bonds is 4. The van der Waals surface area contributed by atoms with Gasteiger partial charge in [-0.15, -0.1) is 0 Å². The lowest BCUT2D eigenvalue weighted by molar-refractivity contribution is -0.137. The Hall–Kier alpha value is -2.41. The molecule has 24 heavy (non-hydrogen) atoms. The lowest BCUT2D eigenvalue weighted by Gasteiger charge is -2.15. The van der Waals surface area contributed by atoms with E-state index in [1.54, 1.807) is 31.2 Å². The molecule has 0 aromatic heterocycles. The summed E-state index contributed by atoms with van der Waals surface area (Å²) in [6.07, 6.45) is -4.38. The molecule has 2 aromatic carbocycles. The Morgan fingerprint density at radius 2 is 1.54 bits per heavy atom. The maximum Gasteiger partial charge on any atom is 0.416 e. The Labute approximate surface area is 142 Å². The summed E-state index contributed by atoms with van der Waals surface area (Å²) in [6.45, 7) is 1.70. The third kappa shape index (κ3) is 4.32. The Morgan fingerprint density at radius 3 is 2.00 bits per heavy atom. The molecule has 0 heterocycles. The Balaban J connectivity index is 2.07. The van der Waals surface area contributed by atoms with Gasteiger partial charge < -0.3 is 11.1 Å². The van der Waals surface area contributed by atoms with Gasteiger partial charge in [0, 0.05) is 11.1 Å². The standard InChI is InChI=1S/C17H15F3N2OS/c1-10(11-6-8-14(9-7-11)17(18,19)20)22-16(23)13-4-2-12(3-5-13)15(21)24/h2-10H,1H3,(H2,21,24)(H,22,23). The molecule has 0 saturated heterocycles. The molecule has 3 N–H and O–H groups in total. The molecule has 0 radical (unpaired) electrons. The first kappa shape index (κ1) is 17.9. The van der Waals surface area contributed by atoms with Crippen molar-refractivity contribution in [2.24, 2.45) is 5.73 Å². The van der Waals surface area contributed by atoms with E-state index in [-0.39, 0.29) is 10.9 Å². The van der Waals surface area contributed by atoms with Gasteiger partial charge >= 0.3 is 6.18 Å². The number of halogens is 3. The minimum Gasteiger partial charge on any atom is -0.389 e. The number of hydrogen-bond acceptors (Lipinski definition) is 2. The van der Waals surface area contributed by atoms with Crippen molar-refractivity contribution in [1.29, 1.82) is 0 Å². The van der Waals surface area contributed by atoms with Gasteiger partial charge in [0.1, 0.15) is 4.99 Å². The molecular formula is C17H15F3N2OS. The number of nitrogens with two attached hydrogens (primary N) is 1. The Bertz CT molecular complexity index is 740. The summed E-state index contributed by atoms with van der Waals surface area (Å²) >= 11 is 4.84. The normalized spacial score (nSPS) is 12.5. The van der Waals surface area contributed by atoms with Crippen LogP contribution in [-0.4, -0.2) is 10.9 Å². The highest BCUT2D eigenvalue weighted by Crippen LogP contribution is 2.29. The SMILES string of the molecule is CC(NC(=O)c1ccc(C(N)=S)cc1)c1ccc(C(F)(F)F)cc1. The fraction of sp³-hybridized carbons (Fsp3) is 0.176. The average molecular weight is 352 g/mol. The van der Waals surface area contributed by atoms with Crippen LogP contribution in [0.25, 0.3) is 0 Å². The number of alkyl halides is 3. The zero-order valence-corrected chi connectivity index (χ0v) is 13.5. The van der Waals surface area contributed by atoms with Gasteiger partial charge in [0.15, 0.2) is 0 Å². The lowest BCUT2D eigenvalue weighted by atomic mass is 10.0. The van der Waals surface area contributed by atoms with E-state index < -0.39 is 17.8 Å². The first-order valence-corrected chi connectivity index (χ1v) is 7.47. The maximum absolute atomic E-state index is 12.6. The quantitative estimate of drug-likeness (QED) is 0.823. The van der Waals surface area contributed by atoms with Crippen molar-refractivity contribution in [1.82, 2.24) is 5.32 Å². The second-order valence-electron chi connectivity index (χ2n) is 5.26. The van der Waals surface area contributed by atoms with Crippen LogP contribution in [0.5, 0.6) is 0 Å². The van der Waals surface area contributed by atoms with Gasteiger partial charge in [-0.05, 0) is 36.8 Å². The predicted octanol–water partition coefficient (Wildman–Crippen LogP) is 3.83. The molecule has 2 rings (SSSR count). The summed E-state index contributed by atoms with van der Waals surface area (Å²) in [5.74, 6) is -0.336. The van der Waals surface area contributed by atoms with Crippen LogP contribution < -0.4 is 11.1 Å². The van der Waals surface area contributed by atoms with E-state index in [9.17, 15) is 18.0 Å². The van der Waals surface area contributed by atoms with Crippen LogP contribution in [0.15, 0.2) is 48.5 Å². The molecule has 0 bridgehead atoms. The van der Waals surface area contributed by atoms with Crippen LogP contribution >= 0.6 is 12.2 Å². The van der Waals surface area contributed by atoms with Crippen molar-refractivity contribution in [2.75, 3.05) is 0 Å². The van der Waals surface area contributed by atoms with E-state index in [0.717, 1.165) is 12.1 Å². The molecule has 0 fully saturated rings. The average Bonchev–Trinajstić information content (AvgIpc) is 2.54. The summed E-state index contributed by atoms with van der Waals surface area (Å²) in [7, 11) is 0. The third-order valence-corrected chi connectivity index (χ3v) is 3.75. The van der Waals surface area contributed by atoms with E-state index in [1.807, 2.05) is 0 Å². The predicted molar refractivity (Wildman–Crippen MR) is 89.7 cm³/mol. The van der Waals surface area contributed by atoms with Crippen LogP contribution in [0.2, 0.25) is 0 Å². The number of hydrogen-bond donors (Lipinski definition) is 2. The number of thiocarbonyl (C=S) groups is 1. The number of nitrogens with one attached hydrogen (secondary N) is 1. The van der Waals surface area contributed by atoms with E-state index in [2.05, 4.69) is 5.32 Å². The molecule has 0 saturated carbocycles. The van der Waals surface area contributed by atoms with E-state index in [1.165, 1.54) is 12.1 Å². The van der Waals surface area contributed by atoms with E-state index in [4.69, 9.17) is 18.0 Å². The molecule has 0 aliphatic heterocycles. The van der Waals surface area contributed by atoms with E-state index >= 15 is 0 Å². The minimum absolute atomic E-state index is 0.236. The molecule has 3 nitrogen and oxygen atoms in total. The zero-order chi connectivity index (χ0) is 17.9. The van der Waals surface area contributed by atoms with Gasteiger partial charge in [-0.1, -0.05) is 36.5 Å². The van der Waals surface area contributed by atoms with Crippen LogP contribution in [0.4, 0.5) is 13.2 Å². The molecule has 0 aliphatic rings. The number of benzene rings is 2. The fourth-order valence-electron chi connectivity index (χ4n) is 2.11. The molecule has 7 heteroatoms. The van der Waals surface area contributed by atoms with Gasteiger partial charge in [0.05, 0.1) is 11.6 Å². The van der Waals surface area contributed by atoms with E-state index in [0.29, 0.717) is 16.7 Å². The second kappa shape index (κ2) is 7.00. The second-order valence-corrected chi connectivity index (χ2v) is 5.70. The van der Waals surface area contributed by atoms with Gasteiger partial charge in [-0.25, -0.2) is 0 Å². The number of amides is 1. The first-order valence-electron chi connectivity index (χ1n) is 7.06. The van der Waals surface area contributed by atoms with Crippen LogP contribution in [0.1, 0.15) is 40.0 Å². The van der Waals surface area contributed by atoms with Crippen molar-refractivity contribution in [3.8, 4) is 0 Å². The molecule has 1 atom stereocenters. The van der Waals surface area contributed by atoms with Crippen molar-refractivity contribution < 1.29 is 18.0 Å². The summed E-state index contributed by atoms with van der Waals surface area (Å²) in [6, 6.07) is 10.7. The third-order valence-electron chi connectivity index (χ3n) is 3.52. The minimum atomic E-state index is -4.38. The Morgan fingerprint density at radius 1 is 1.04 bits per heavy atom. The largest absolute Gasteiger partial charge is 0.416 e. The molecule has 1 unspecified atom stereocenters. The maximum atomic E-state index is 12.6. The smallest absolute Gasteiger partial charge is 0.389 e. The molecular weight excluding hydrogens is 337 g/mol. The summed E-state index contributed by atoms with van der Waals surface area (Å²) in [5.41, 5.74) is 6.41. The highest BCUT2D eigenvalue weighted by molar-refractivity contribution is 7.80. The van der Waals surface area contributed by atoms with Crippen molar-refractivity contribution >= 4 is 23.1 Å². The summed E-state index contributed by atoms with van der Waals surface area (Å²) in [4.78, 5) is 12.4. The number of carbonyl (C=O) groups excluding carboxylic acids is 1. The zero-order valence-electron chi connectivity index (χ0n) is 12.7. The molecule has 2 aromatic rings. The highest BCUT2D eigenvalue weighted by atomic mass is 32.1. The first-order chi connectivity index (χ1) is 11.2. The topological polar surface area (TPSA) is 55.1 Å². The number of carbonyl (C=O) groups is 1. The van der Waals surface area contributed by atoms with Crippen molar-refractivity contribution in [3.05, 3.63) is 70.8 Å². The van der Waals surface area contributed by atoms with Crippen molar-refractivity contribution in [2.45, 2.75) is 19.1 Å². The monoisotopic (exact) mass is 352 g/mol. The summed E-state index contributed by atoms with van der Waals surface area (Å²) in [5, 5.41) is 2.74. The molecule has 0 aliphatic carbocycles. The van der Waals surface area contributed by atoms with Gasteiger partial charge in [-0.3, -0.25) is 4.79 Å². The fourth-order valence-corrected chi connectivity index (χ4v) is 2.25. The van der Waals surface area contributed by atoms with Gasteiger partial charge in [0.2, 0.25) is 0 Å².